The summed E-state index contributed by atoms with van der Waals surface area (Å²) < 4.78 is 15.8. The van der Waals surface area contributed by atoms with Crippen molar-refractivity contribution in [2.24, 2.45) is 0 Å². The molecule has 0 saturated carbocycles. The molecule has 7 nitrogen and oxygen atoms in total. The third kappa shape index (κ3) is 5.62. The minimum atomic E-state index is -0.544. The molecule has 0 aliphatic rings. The van der Waals surface area contributed by atoms with Crippen LogP contribution in [0.4, 0.5) is 5.69 Å². The van der Waals surface area contributed by atoms with E-state index in [1.807, 2.05) is 0 Å². The van der Waals surface area contributed by atoms with Crippen LogP contribution in [0.5, 0.6) is 17.4 Å². The lowest BCUT2D eigenvalue weighted by atomic mass is 10.2. The molecule has 9 heteroatoms. The number of halogens is 2. The van der Waals surface area contributed by atoms with Crippen LogP contribution in [0.15, 0.2) is 60.8 Å². The first-order chi connectivity index (χ1) is 14.5. The molecular weight excluding hydrogens is 431 g/mol. The van der Waals surface area contributed by atoms with E-state index < -0.39 is 11.9 Å². The van der Waals surface area contributed by atoms with E-state index in [2.05, 4.69) is 10.3 Å². The number of carbonyl (C=O) groups excluding carboxylic acids is 2. The zero-order valence-corrected chi connectivity index (χ0v) is 17.2. The molecule has 0 unspecified atom stereocenters. The topological polar surface area (TPSA) is 86.8 Å². The molecule has 0 atom stereocenters. The summed E-state index contributed by atoms with van der Waals surface area (Å²) >= 11 is 11.8. The fourth-order valence-corrected chi connectivity index (χ4v) is 2.83. The Bertz CT molecular complexity index is 1060. The number of rotatable bonds is 7. The van der Waals surface area contributed by atoms with Crippen molar-refractivity contribution in [2.75, 3.05) is 19.0 Å². The van der Waals surface area contributed by atoms with Crippen LogP contribution >= 0.6 is 23.2 Å². The molecule has 0 radical (unpaired) electrons. The zero-order chi connectivity index (χ0) is 21.5. The van der Waals surface area contributed by atoms with Crippen LogP contribution in [0.1, 0.15) is 10.4 Å². The van der Waals surface area contributed by atoms with Crippen LogP contribution in [0.3, 0.4) is 0 Å². The van der Waals surface area contributed by atoms with Crippen molar-refractivity contribution < 1.29 is 23.8 Å². The number of ether oxygens (including phenoxy) is 3. The summed E-state index contributed by atoms with van der Waals surface area (Å²) in [5.41, 5.74) is 0.596. The van der Waals surface area contributed by atoms with Crippen LogP contribution in [0, 0.1) is 0 Å². The summed E-state index contributed by atoms with van der Waals surface area (Å²) in [6, 6.07) is 14.6. The lowest BCUT2D eigenvalue weighted by Crippen LogP contribution is -2.21. The van der Waals surface area contributed by atoms with Gasteiger partial charge >= 0.3 is 5.97 Å². The van der Waals surface area contributed by atoms with E-state index in [0.29, 0.717) is 22.2 Å². The smallest absolute Gasteiger partial charge is 0.339 e. The molecule has 1 heterocycles. The average molecular weight is 447 g/mol. The maximum atomic E-state index is 12.2. The summed E-state index contributed by atoms with van der Waals surface area (Å²) in [4.78, 5) is 28.0. The van der Waals surface area contributed by atoms with Crippen LogP contribution in [0.2, 0.25) is 10.0 Å². The molecule has 3 aromatic rings. The molecule has 0 aliphatic carbocycles. The molecule has 0 aliphatic heterocycles. The fourth-order valence-electron chi connectivity index (χ4n) is 2.41. The first-order valence-corrected chi connectivity index (χ1v) is 9.41. The van der Waals surface area contributed by atoms with Gasteiger partial charge in [0.1, 0.15) is 16.5 Å². The number of pyridine rings is 1. The van der Waals surface area contributed by atoms with Crippen LogP contribution in [0.25, 0.3) is 0 Å². The first kappa shape index (κ1) is 21.4. The Labute approximate surface area is 182 Å². The average Bonchev–Trinajstić information content (AvgIpc) is 2.75. The second-order valence-electron chi connectivity index (χ2n) is 5.89. The summed E-state index contributed by atoms with van der Waals surface area (Å²) in [6.45, 7) is -0.250. The van der Waals surface area contributed by atoms with Gasteiger partial charge in [-0.3, -0.25) is 4.79 Å². The van der Waals surface area contributed by atoms with Gasteiger partial charge in [-0.05, 0) is 42.5 Å². The second kappa shape index (κ2) is 9.96. The van der Waals surface area contributed by atoms with E-state index in [0.717, 1.165) is 0 Å². The van der Waals surface area contributed by atoms with Crippen molar-refractivity contribution in [3.63, 3.8) is 0 Å². The Balaban J connectivity index is 1.56. The molecule has 1 amide bonds. The van der Waals surface area contributed by atoms with Crippen LogP contribution < -0.4 is 14.8 Å². The molecular formula is C21H16Cl2N2O5. The highest BCUT2D eigenvalue weighted by atomic mass is 35.5. The largest absolute Gasteiger partial charge is 0.484 e. The number of para-hydroxylation sites is 1. The molecule has 154 valence electrons. The van der Waals surface area contributed by atoms with Gasteiger partial charge in [0.25, 0.3) is 5.91 Å². The van der Waals surface area contributed by atoms with E-state index in [1.165, 1.54) is 19.4 Å². The van der Waals surface area contributed by atoms with E-state index >= 15 is 0 Å². The van der Waals surface area contributed by atoms with Crippen molar-refractivity contribution in [3.8, 4) is 17.4 Å². The highest BCUT2D eigenvalue weighted by Crippen LogP contribution is 2.29. The summed E-state index contributed by atoms with van der Waals surface area (Å²) in [7, 11) is 1.27. The normalized spacial score (nSPS) is 10.2. The molecule has 0 spiro atoms. The molecule has 0 fully saturated rings. The standard InChI is InChI=1S/C21H16Cl2N2O5/c1-28-21(27)16-4-2-3-5-18(16)25-19(26)12-29-14-6-8-15(9-7-14)30-20-17(23)10-13(22)11-24-20/h2-11H,12H2,1H3,(H,25,26). The summed E-state index contributed by atoms with van der Waals surface area (Å²) in [5, 5.41) is 3.32. The van der Waals surface area contributed by atoms with Crippen molar-refractivity contribution >= 4 is 40.8 Å². The minimum absolute atomic E-state index is 0.221. The zero-order valence-electron chi connectivity index (χ0n) is 15.7. The number of nitrogens with one attached hydrogen (secondary N) is 1. The molecule has 1 aromatic heterocycles. The number of benzene rings is 2. The Kier molecular flexibility index (Phi) is 7.11. The quantitative estimate of drug-likeness (QED) is 0.514. The van der Waals surface area contributed by atoms with Gasteiger partial charge in [-0.1, -0.05) is 35.3 Å². The van der Waals surface area contributed by atoms with Gasteiger partial charge in [0.15, 0.2) is 6.61 Å². The monoisotopic (exact) mass is 446 g/mol. The number of carbonyl (C=O) groups is 2. The number of methoxy groups -OCH3 is 1. The van der Waals surface area contributed by atoms with Gasteiger partial charge in [-0.25, -0.2) is 9.78 Å². The predicted molar refractivity (Wildman–Crippen MR) is 113 cm³/mol. The number of anilines is 1. The fraction of sp³-hybridized carbons (Fsp3) is 0.0952. The first-order valence-electron chi connectivity index (χ1n) is 8.65. The van der Waals surface area contributed by atoms with E-state index in [-0.39, 0.29) is 23.1 Å². The van der Waals surface area contributed by atoms with Crippen molar-refractivity contribution in [1.82, 2.24) is 4.98 Å². The second-order valence-corrected chi connectivity index (χ2v) is 6.73. The van der Waals surface area contributed by atoms with Gasteiger partial charge in [-0.2, -0.15) is 0 Å². The molecule has 1 N–H and O–H groups in total. The highest BCUT2D eigenvalue weighted by Gasteiger charge is 2.13. The van der Waals surface area contributed by atoms with Crippen LogP contribution in [-0.4, -0.2) is 30.6 Å². The van der Waals surface area contributed by atoms with Crippen molar-refractivity contribution in [2.45, 2.75) is 0 Å². The molecule has 3 rings (SSSR count). The minimum Gasteiger partial charge on any atom is -0.484 e. The number of hydrogen-bond donors (Lipinski definition) is 1. The van der Waals surface area contributed by atoms with E-state index in [1.54, 1.807) is 48.5 Å². The third-order valence-corrected chi connectivity index (χ3v) is 4.27. The SMILES string of the molecule is COC(=O)c1ccccc1NC(=O)COc1ccc(Oc2ncc(Cl)cc2Cl)cc1. The molecule has 0 saturated heterocycles. The predicted octanol–water partition coefficient (Wildman–Crippen LogP) is 4.98. The Morgan fingerprint density at radius 3 is 2.43 bits per heavy atom. The van der Waals surface area contributed by atoms with E-state index in [4.69, 9.17) is 37.4 Å². The molecule has 0 bridgehead atoms. The molecule has 30 heavy (non-hydrogen) atoms. The highest BCUT2D eigenvalue weighted by molar-refractivity contribution is 6.35. The number of aromatic nitrogens is 1. The number of esters is 1. The van der Waals surface area contributed by atoms with Gasteiger partial charge in [-0.15, -0.1) is 0 Å². The Morgan fingerprint density at radius 2 is 1.73 bits per heavy atom. The van der Waals surface area contributed by atoms with Gasteiger partial charge in [0, 0.05) is 6.20 Å². The lowest BCUT2D eigenvalue weighted by molar-refractivity contribution is -0.118. The van der Waals surface area contributed by atoms with Crippen LogP contribution in [-0.2, 0) is 9.53 Å². The summed E-state index contributed by atoms with van der Waals surface area (Å²) in [5.74, 6) is 0.185. The number of hydrogen-bond acceptors (Lipinski definition) is 6. The van der Waals surface area contributed by atoms with Crippen molar-refractivity contribution in [1.29, 1.82) is 0 Å². The van der Waals surface area contributed by atoms with Gasteiger partial charge in [0.05, 0.1) is 23.4 Å². The lowest BCUT2D eigenvalue weighted by Gasteiger charge is -2.11. The summed E-state index contributed by atoms with van der Waals surface area (Å²) in [6.07, 6.45) is 1.43. The maximum Gasteiger partial charge on any atom is 0.339 e. The van der Waals surface area contributed by atoms with Gasteiger partial charge in [0.2, 0.25) is 5.88 Å². The maximum absolute atomic E-state index is 12.2. The molecule has 2 aromatic carbocycles. The van der Waals surface area contributed by atoms with Crippen molar-refractivity contribution in [3.05, 3.63) is 76.4 Å². The Morgan fingerprint density at radius 1 is 1.03 bits per heavy atom. The number of amides is 1. The van der Waals surface area contributed by atoms with Gasteiger partial charge < -0.3 is 19.5 Å². The number of nitrogens with zero attached hydrogens (tertiary/aromatic N) is 1. The Hall–Kier alpha value is -3.29. The van der Waals surface area contributed by atoms with E-state index in [9.17, 15) is 9.59 Å². The third-order valence-electron chi connectivity index (χ3n) is 3.79.